The molecule has 6 nitrogen and oxygen atoms in total. The number of thioether (sulfide) groups is 1. The zero-order valence-electron chi connectivity index (χ0n) is 12.1. The van der Waals surface area contributed by atoms with E-state index in [9.17, 15) is 14.0 Å². The molecule has 0 unspecified atom stereocenters. The van der Waals surface area contributed by atoms with Crippen LogP contribution in [0.25, 0.3) is 11.0 Å². The number of aromatic nitrogens is 3. The Kier molecular flexibility index (Phi) is 4.16. The van der Waals surface area contributed by atoms with Gasteiger partial charge in [0.1, 0.15) is 11.3 Å². The van der Waals surface area contributed by atoms with E-state index in [0.717, 1.165) is 17.5 Å². The van der Waals surface area contributed by atoms with Gasteiger partial charge in [0.05, 0.1) is 11.3 Å². The highest BCUT2D eigenvalue weighted by atomic mass is 32.2. The van der Waals surface area contributed by atoms with Gasteiger partial charge in [0.2, 0.25) is 5.91 Å². The van der Waals surface area contributed by atoms with Crippen LogP contribution in [-0.2, 0) is 4.79 Å². The first kappa shape index (κ1) is 15.3. The minimum Gasteiger partial charge on any atom is -0.353 e. The summed E-state index contributed by atoms with van der Waals surface area (Å²) in [6.07, 6.45) is 0. The van der Waals surface area contributed by atoms with E-state index in [4.69, 9.17) is 0 Å². The molecule has 3 aromatic rings. The van der Waals surface area contributed by atoms with Crippen molar-refractivity contribution in [2.24, 2.45) is 0 Å². The van der Waals surface area contributed by atoms with E-state index in [0.29, 0.717) is 21.9 Å². The number of aryl methyl sites for hydroxylation is 1. The monoisotopic (exact) mass is 332 g/mol. The normalized spacial score (nSPS) is 10.9. The zero-order valence-corrected chi connectivity index (χ0v) is 13.0. The Labute approximate surface area is 134 Å². The number of aromatic amines is 2. The molecule has 0 spiro atoms. The SMILES string of the molecule is Cc1cc2nc(SCC(=O)Nc3cccc(F)c3)[nH]c(=O)c2[nH]1. The van der Waals surface area contributed by atoms with Crippen LogP contribution in [0, 0.1) is 12.7 Å². The number of halogens is 1. The lowest BCUT2D eigenvalue weighted by Crippen LogP contribution is -2.15. The summed E-state index contributed by atoms with van der Waals surface area (Å²) in [5.41, 5.74) is 1.91. The summed E-state index contributed by atoms with van der Waals surface area (Å²) in [5.74, 6) is -0.683. The van der Waals surface area contributed by atoms with E-state index >= 15 is 0 Å². The third-order valence-corrected chi connectivity index (χ3v) is 3.92. The minimum absolute atomic E-state index is 0.0500. The molecule has 0 saturated carbocycles. The second-order valence-electron chi connectivity index (χ2n) is 4.93. The number of nitrogens with zero attached hydrogens (tertiary/aromatic N) is 1. The smallest absolute Gasteiger partial charge is 0.275 e. The second kappa shape index (κ2) is 6.25. The van der Waals surface area contributed by atoms with Crippen LogP contribution in [0.4, 0.5) is 10.1 Å². The number of carbonyl (C=O) groups is 1. The molecule has 0 saturated heterocycles. The fraction of sp³-hybridized carbons (Fsp3) is 0.133. The van der Waals surface area contributed by atoms with Gasteiger partial charge in [-0.05, 0) is 31.2 Å². The Hall–Kier alpha value is -2.61. The Morgan fingerprint density at radius 1 is 1.35 bits per heavy atom. The fourth-order valence-corrected chi connectivity index (χ4v) is 2.77. The van der Waals surface area contributed by atoms with Crippen molar-refractivity contribution >= 4 is 34.4 Å². The highest BCUT2D eigenvalue weighted by Gasteiger charge is 2.09. The maximum absolute atomic E-state index is 13.1. The standard InChI is InChI=1S/C15H13FN4O2S/c1-8-5-11-13(17-8)14(22)20-15(19-11)23-7-12(21)18-10-4-2-3-9(16)6-10/h2-6,17H,7H2,1H3,(H,18,21)(H,19,20,22). The molecule has 0 atom stereocenters. The number of carbonyl (C=O) groups excluding carboxylic acids is 1. The van der Waals surface area contributed by atoms with Crippen molar-refractivity contribution < 1.29 is 9.18 Å². The maximum atomic E-state index is 13.1. The van der Waals surface area contributed by atoms with Crippen LogP contribution < -0.4 is 10.9 Å². The molecule has 3 N–H and O–H groups in total. The van der Waals surface area contributed by atoms with E-state index in [-0.39, 0.29) is 17.2 Å². The molecular formula is C15H13FN4O2S. The third-order valence-electron chi connectivity index (χ3n) is 3.05. The summed E-state index contributed by atoms with van der Waals surface area (Å²) in [6, 6.07) is 7.41. The number of hydrogen-bond donors (Lipinski definition) is 3. The first-order chi connectivity index (χ1) is 11.0. The van der Waals surface area contributed by atoms with Crippen molar-refractivity contribution in [2.75, 3.05) is 11.1 Å². The van der Waals surface area contributed by atoms with Gasteiger partial charge in [-0.3, -0.25) is 14.6 Å². The van der Waals surface area contributed by atoms with Crippen molar-refractivity contribution in [2.45, 2.75) is 12.1 Å². The molecule has 0 aliphatic heterocycles. The van der Waals surface area contributed by atoms with Crippen LogP contribution >= 0.6 is 11.8 Å². The topological polar surface area (TPSA) is 90.6 Å². The molecule has 1 aromatic carbocycles. The summed E-state index contributed by atoms with van der Waals surface area (Å²) in [4.78, 5) is 33.6. The minimum atomic E-state index is -0.422. The predicted octanol–water partition coefficient (Wildman–Crippen LogP) is 2.43. The number of hydrogen-bond acceptors (Lipinski definition) is 4. The van der Waals surface area contributed by atoms with Crippen molar-refractivity contribution in [1.82, 2.24) is 15.0 Å². The van der Waals surface area contributed by atoms with Crippen molar-refractivity contribution in [3.05, 3.63) is 52.2 Å². The van der Waals surface area contributed by atoms with Crippen molar-refractivity contribution in [1.29, 1.82) is 0 Å². The highest BCUT2D eigenvalue weighted by Crippen LogP contribution is 2.16. The van der Waals surface area contributed by atoms with Crippen LogP contribution in [0.5, 0.6) is 0 Å². The highest BCUT2D eigenvalue weighted by molar-refractivity contribution is 7.99. The molecule has 0 aliphatic carbocycles. The summed E-state index contributed by atoms with van der Waals surface area (Å²) in [5, 5.41) is 2.94. The molecule has 118 valence electrons. The van der Waals surface area contributed by atoms with Crippen LogP contribution in [0.1, 0.15) is 5.69 Å². The van der Waals surface area contributed by atoms with Crippen LogP contribution in [-0.4, -0.2) is 26.6 Å². The van der Waals surface area contributed by atoms with Crippen molar-refractivity contribution in [3.8, 4) is 0 Å². The number of benzene rings is 1. The lowest BCUT2D eigenvalue weighted by molar-refractivity contribution is -0.113. The molecule has 0 aliphatic rings. The quantitative estimate of drug-likeness (QED) is 0.505. The Morgan fingerprint density at radius 3 is 2.96 bits per heavy atom. The molecule has 3 rings (SSSR count). The molecule has 0 bridgehead atoms. The maximum Gasteiger partial charge on any atom is 0.275 e. The summed E-state index contributed by atoms with van der Waals surface area (Å²) in [6.45, 7) is 1.83. The molecule has 2 aromatic heterocycles. The molecule has 2 heterocycles. The van der Waals surface area contributed by atoms with Gasteiger partial charge in [0.15, 0.2) is 5.16 Å². The molecule has 8 heteroatoms. The zero-order chi connectivity index (χ0) is 16.4. The van der Waals surface area contributed by atoms with E-state index in [1.54, 1.807) is 12.1 Å². The number of rotatable bonds is 4. The lowest BCUT2D eigenvalue weighted by Gasteiger charge is -2.05. The van der Waals surface area contributed by atoms with Gasteiger partial charge < -0.3 is 10.3 Å². The van der Waals surface area contributed by atoms with Gasteiger partial charge in [-0.15, -0.1) is 0 Å². The van der Waals surface area contributed by atoms with Gasteiger partial charge >= 0.3 is 0 Å². The fourth-order valence-electron chi connectivity index (χ4n) is 2.10. The Balaban J connectivity index is 1.68. The molecule has 0 radical (unpaired) electrons. The Bertz CT molecular complexity index is 935. The third kappa shape index (κ3) is 3.59. The van der Waals surface area contributed by atoms with Crippen LogP contribution in [0.3, 0.4) is 0 Å². The average Bonchev–Trinajstić information content (AvgIpc) is 2.86. The van der Waals surface area contributed by atoms with Gasteiger partial charge in [0, 0.05) is 11.4 Å². The van der Waals surface area contributed by atoms with Gasteiger partial charge in [0.25, 0.3) is 5.56 Å². The molecule has 1 amide bonds. The van der Waals surface area contributed by atoms with Crippen LogP contribution in [0.2, 0.25) is 0 Å². The molecule has 0 fully saturated rings. The molecular weight excluding hydrogens is 319 g/mol. The number of fused-ring (bicyclic) bond motifs is 1. The first-order valence-electron chi connectivity index (χ1n) is 6.79. The summed E-state index contributed by atoms with van der Waals surface area (Å²) in [7, 11) is 0. The average molecular weight is 332 g/mol. The van der Waals surface area contributed by atoms with E-state index in [1.807, 2.05) is 6.92 Å². The number of anilines is 1. The number of H-pyrrole nitrogens is 2. The predicted molar refractivity (Wildman–Crippen MR) is 87.2 cm³/mol. The van der Waals surface area contributed by atoms with E-state index < -0.39 is 5.82 Å². The lowest BCUT2D eigenvalue weighted by atomic mass is 10.3. The number of amides is 1. The second-order valence-corrected chi connectivity index (χ2v) is 5.89. The van der Waals surface area contributed by atoms with E-state index in [2.05, 4.69) is 20.3 Å². The van der Waals surface area contributed by atoms with Gasteiger partial charge in [-0.25, -0.2) is 9.37 Å². The van der Waals surface area contributed by atoms with Crippen molar-refractivity contribution in [3.63, 3.8) is 0 Å². The summed E-state index contributed by atoms with van der Waals surface area (Å²) < 4.78 is 13.1. The largest absolute Gasteiger partial charge is 0.353 e. The Morgan fingerprint density at radius 2 is 2.17 bits per heavy atom. The van der Waals surface area contributed by atoms with Crippen LogP contribution in [0.15, 0.2) is 40.3 Å². The molecule has 23 heavy (non-hydrogen) atoms. The number of nitrogens with one attached hydrogen (secondary N) is 3. The van der Waals surface area contributed by atoms with Gasteiger partial charge in [-0.1, -0.05) is 17.8 Å². The first-order valence-corrected chi connectivity index (χ1v) is 7.78. The van der Waals surface area contributed by atoms with E-state index in [1.165, 1.54) is 18.2 Å². The summed E-state index contributed by atoms with van der Waals surface area (Å²) >= 11 is 1.10. The van der Waals surface area contributed by atoms with Gasteiger partial charge in [-0.2, -0.15) is 0 Å².